The van der Waals surface area contributed by atoms with Gasteiger partial charge >= 0.3 is 6.09 Å². The number of para-hydroxylation sites is 1. The number of carbonyl (C=O) groups is 1. The van der Waals surface area contributed by atoms with Gasteiger partial charge < -0.3 is 23.9 Å². The van der Waals surface area contributed by atoms with E-state index in [2.05, 4.69) is 34.8 Å². The molecule has 1 N–H and O–H groups in total. The van der Waals surface area contributed by atoms with Gasteiger partial charge in [-0.15, -0.1) is 0 Å². The van der Waals surface area contributed by atoms with Crippen molar-refractivity contribution in [3.63, 3.8) is 0 Å². The average Bonchev–Trinajstić information content (AvgIpc) is 3.78. The maximum absolute atomic E-state index is 13.7. The van der Waals surface area contributed by atoms with Crippen LogP contribution in [0.5, 0.6) is 0 Å². The van der Waals surface area contributed by atoms with E-state index < -0.39 is 20.3 Å². The third-order valence-electron chi connectivity index (χ3n) is 9.59. The summed E-state index contributed by atoms with van der Waals surface area (Å²) in [6, 6.07) is 20.6. The van der Waals surface area contributed by atoms with Crippen molar-refractivity contribution >= 4 is 36.0 Å². The number of aromatic nitrogens is 5. The van der Waals surface area contributed by atoms with Crippen molar-refractivity contribution in [1.82, 2.24) is 29.8 Å². The number of aryl methyl sites for hydroxylation is 1. The number of fused-ring (bicyclic) bond motifs is 2. The molecule has 1 atom stereocenters. The van der Waals surface area contributed by atoms with Crippen LogP contribution in [-0.2, 0) is 22.6 Å². The summed E-state index contributed by atoms with van der Waals surface area (Å²) in [6.45, 7) is 10.9. The fraction of sp³-hybridized carbons (Fsp3) is 0.359. The zero-order valence-corrected chi connectivity index (χ0v) is 30.9. The number of aromatic amines is 1. The lowest BCUT2D eigenvalue weighted by molar-refractivity contribution is 0.0416. The Hall–Kier alpha value is -5.14. The van der Waals surface area contributed by atoms with Crippen molar-refractivity contribution in [2.45, 2.75) is 70.6 Å². The quantitative estimate of drug-likeness (QED) is 0.105. The summed E-state index contributed by atoms with van der Waals surface area (Å²) in [7, 11) is -1.20. The Morgan fingerprint density at radius 2 is 1.83 bits per heavy atom. The fourth-order valence-electron chi connectivity index (χ4n) is 6.67. The number of H-pyrrole nitrogens is 1. The molecule has 0 saturated carbocycles. The zero-order valence-electron chi connectivity index (χ0n) is 29.9. The van der Waals surface area contributed by atoms with Crippen molar-refractivity contribution in [1.29, 1.82) is 0 Å². The summed E-state index contributed by atoms with van der Waals surface area (Å²) in [5.74, 6) is 0.0401. The molecule has 52 heavy (non-hydrogen) atoms. The molecule has 0 aliphatic carbocycles. The number of carbonyl (C=O) groups excluding carboxylic acids is 1. The second-order valence-corrected chi connectivity index (χ2v) is 20.4. The molecule has 1 aliphatic rings. The van der Waals surface area contributed by atoms with Gasteiger partial charge in [-0.1, -0.05) is 49.1 Å². The molecule has 270 valence electrons. The number of piperidine rings is 1. The maximum Gasteiger partial charge on any atom is 0.410 e. The van der Waals surface area contributed by atoms with Crippen LogP contribution < -0.4 is 5.56 Å². The first-order valence-electron chi connectivity index (χ1n) is 17.7. The van der Waals surface area contributed by atoms with Crippen molar-refractivity contribution in [3.8, 4) is 11.4 Å². The Morgan fingerprint density at radius 3 is 2.60 bits per heavy atom. The van der Waals surface area contributed by atoms with Gasteiger partial charge in [0.05, 0.1) is 5.52 Å². The summed E-state index contributed by atoms with van der Waals surface area (Å²) in [6.07, 6.45) is 2.08. The van der Waals surface area contributed by atoms with Crippen molar-refractivity contribution in [2.75, 3.05) is 19.7 Å². The predicted molar refractivity (Wildman–Crippen MR) is 199 cm³/mol. The van der Waals surface area contributed by atoms with E-state index in [-0.39, 0.29) is 35.4 Å². The third-order valence-corrected chi connectivity index (χ3v) is 11.3. The smallest absolute Gasteiger partial charge is 0.410 e. The molecule has 3 aromatic carbocycles. The molecule has 1 amide bonds. The van der Waals surface area contributed by atoms with Crippen molar-refractivity contribution in [3.05, 3.63) is 112 Å². The molecule has 0 radical (unpaired) electrons. The first-order valence-corrected chi connectivity index (χ1v) is 21.4. The first kappa shape index (κ1) is 35.3. The Kier molecular flexibility index (Phi) is 10.1. The van der Waals surface area contributed by atoms with Crippen LogP contribution in [0.2, 0.25) is 25.7 Å². The molecule has 1 aliphatic heterocycles. The van der Waals surface area contributed by atoms with Crippen LogP contribution in [0.15, 0.2) is 82.2 Å². The molecular formula is C39H43FN6O5Si. The van der Waals surface area contributed by atoms with E-state index in [0.29, 0.717) is 44.8 Å². The minimum Gasteiger partial charge on any atom is -0.436 e. The van der Waals surface area contributed by atoms with Crippen LogP contribution in [0.25, 0.3) is 33.2 Å². The number of ether oxygens (including phenoxy) is 2. The average molecular weight is 723 g/mol. The molecule has 6 aromatic rings. The molecule has 3 aromatic heterocycles. The zero-order chi connectivity index (χ0) is 36.4. The number of nitrogens with one attached hydrogen (secondary N) is 1. The summed E-state index contributed by atoms with van der Waals surface area (Å²) >= 11 is 0. The molecule has 4 heterocycles. The van der Waals surface area contributed by atoms with Gasteiger partial charge in [-0.25, -0.2) is 13.9 Å². The van der Waals surface area contributed by atoms with Gasteiger partial charge in [-0.2, -0.15) is 10.1 Å². The van der Waals surface area contributed by atoms with Gasteiger partial charge in [0.1, 0.15) is 12.5 Å². The van der Waals surface area contributed by atoms with E-state index >= 15 is 0 Å². The number of hydrogen-bond donors (Lipinski definition) is 1. The van der Waals surface area contributed by atoms with Crippen LogP contribution in [0.3, 0.4) is 0 Å². The van der Waals surface area contributed by atoms with Gasteiger partial charge in [-0.05, 0) is 90.7 Å². The molecule has 1 saturated heterocycles. The van der Waals surface area contributed by atoms with E-state index in [0.717, 1.165) is 44.5 Å². The predicted octanol–water partition coefficient (Wildman–Crippen LogP) is 7.99. The van der Waals surface area contributed by atoms with E-state index in [9.17, 15) is 14.0 Å². The van der Waals surface area contributed by atoms with Gasteiger partial charge in [0.2, 0.25) is 5.82 Å². The van der Waals surface area contributed by atoms with Gasteiger partial charge in [0.15, 0.2) is 6.10 Å². The van der Waals surface area contributed by atoms with Crippen LogP contribution in [0.1, 0.15) is 47.4 Å². The van der Waals surface area contributed by atoms with E-state index in [4.69, 9.17) is 19.1 Å². The summed E-state index contributed by atoms with van der Waals surface area (Å²) in [5.41, 5.74) is 4.76. The van der Waals surface area contributed by atoms with Gasteiger partial charge in [-0.3, -0.25) is 4.79 Å². The number of amides is 1. The van der Waals surface area contributed by atoms with E-state index in [1.165, 1.54) is 12.1 Å². The second kappa shape index (κ2) is 14.8. The lowest BCUT2D eigenvalue weighted by Gasteiger charge is -2.32. The van der Waals surface area contributed by atoms with Crippen molar-refractivity contribution in [2.24, 2.45) is 0 Å². The summed E-state index contributed by atoms with van der Waals surface area (Å²) < 4.78 is 33.2. The highest BCUT2D eigenvalue weighted by atomic mass is 28.3. The third kappa shape index (κ3) is 8.16. The van der Waals surface area contributed by atoms with Gasteiger partial charge in [0, 0.05) is 62.4 Å². The van der Waals surface area contributed by atoms with Crippen LogP contribution in [-0.4, -0.2) is 63.7 Å². The Labute approximate surface area is 301 Å². The van der Waals surface area contributed by atoms with Crippen LogP contribution >= 0.6 is 0 Å². The van der Waals surface area contributed by atoms with Crippen LogP contribution in [0.4, 0.5) is 9.18 Å². The SMILES string of the molecule is Cc1cc(C[C@@H](OC(=O)N2CCC(c3cc4ccccc4[nH]c3=O)CC2)c2nc(-c3ccc(F)cc3)no2)cc2cn(COCC[Si](C)(C)C)nc12. The Balaban J connectivity index is 1.08. The highest BCUT2D eigenvalue weighted by Crippen LogP contribution is 2.31. The molecule has 0 spiro atoms. The van der Waals surface area contributed by atoms with E-state index in [1.54, 1.807) is 17.0 Å². The topological polar surface area (TPSA) is 128 Å². The number of benzene rings is 3. The van der Waals surface area contributed by atoms with Crippen LogP contribution in [0, 0.1) is 12.7 Å². The van der Waals surface area contributed by atoms with Crippen molar-refractivity contribution < 1.29 is 23.2 Å². The molecule has 13 heteroatoms. The lowest BCUT2D eigenvalue weighted by Crippen LogP contribution is -2.39. The molecular weight excluding hydrogens is 680 g/mol. The fourth-order valence-corrected chi connectivity index (χ4v) is 7.43. The standard InChI is InChI=1S/C39H43FN6O5Si/c1-25-19-26(20-30-23-46(43-35(25)30)24-49-17-18-52(2,3)4)21-34(38-42-36(44-51-38)28-9-11-31(40)12-10-28)50-39(48)45-15-13-27(14-16-45)32-22-29-7-5-6-8-33(29)41-37(32)47/h5-12,19-20,22-23,27,34H,13-18,21,24H2,1-4H3,(H,41,47)/t34-/m1/s1. The largest absolute Gasteiger partial charge is 0.436 e. The highest BCUT2D eigenvalue weighted by Gasteiger charge is 2.31. The Bertz CT molecular complexity index is 2250. The molecule has 7 rings (SSSR count). The normalized spacial score (nSPS) is 14.7. The number of likely N-dealkylation sites (tertiary alicyclic amines) is 1. The second-order valence-electron chi connectivity index (χ2n) is 14.8. The molecule has 0 unspecified atom stereocenters. The number of nitrogens with zero attached hydrogens (tertiary/aromatic N) is 5. The lowest BCUT2D eigenvalue weighted by atomic mass is 9.89. The molecule has 0 bridgehead atoms. The monoisotopic (exact) mass is 722 g/mol. The highest BCUT2D eigenvalue weighted by molar-refractivity contribution is 6.76. The minimum atomic E-state index is -1.20. The van der Waals surface area contributed by atoms with Gasteiger partial charge in [0.25, 0.3) is 11.4 Å². The number of pyridine rings is 1. The first-order chi connectivity index (χ1) is 25.0. The molecule has 11 nitrogen and oxygen atoms in total. The minimum absolute atomic E-state index is 0.0174. The Morgan fingerprint density at radius 1 is 1.06 bits per heavy atom. The number of halogens is 1. The number of hydrogen-bond acceptors (Lipinski definition) is 8. The summed E-state index contributed by atoms with van der Waals surface area (Å²) in [4.78, 5) is 35.9. The molecule has 1 fully saturated rings. The maximum atomic E-state index is 13.7. The van der Waals surface area contributed by atoms with E-state index in [1.807, 2.05) is 60.3 Å². The number of rotatable bonds is 11. The summed E-state index contributed by atoms with van der Waals surface area (Å²) in [5, 5.41) is 10.8.